The van der Waals surface area contributed by atoms with Gasteiger partial charge in [-0.25, -0.2) is 4.99 Å². The molecule has 2 heterocycles. The van der Waals surface area contributed by atoms with Crippen molar-refractivity contribution in [2.24, 2.45) is 4.99 Å². The molecule has 0 radical (unpaired) electrons. The number of nitrogens with zero attached hydrogens (tertiary/aromatic N) is 3. The van der Waals surface area contributed by atoms with Gasteiger partial charge in [-0.2, -0.15) is 0 Å². The third-order valence-corrected chi connectivity index (χ3v) is 7.41. The van der Waals surface area contributed by atoms with Gasteiger partial charge in [0.05, 0.1) is 10.6 Å². The van der Waals surface area contributed by atoms with Crippen LogP contribution < -0.4 is 4.90 Å². The first kappa shape index (κ1) is 21.0. The Morgan fingerprint density at radius 2 is 1.90 bits per heavy atom. The molecule has 0 aliphatic carbocycles. The first-order chi connectivity index (χ1) is 14.2. The van der Waals surface area contributed by atoms with Gasteiger partial charge in [0.1, 0.15) is 0 Å². The minimum Gasteiger partial charge on any atom is -0.369 e. The van der Waals surface area contributed by atoms with E-state index in [2.05, 4.69) is 43.8 Å². The van der Waals surface area contributed by atoms with Crippen molar-refractivity contribution < 1.29 is 4.79 Å². The quantitative estimate of drug-likeness (QED) is 0.515. The summed E-state index contributed by atoms with van der Waals surface area (Å²) < 4.78 is 0. The molecule has 4 nitrogen and oxygen atoms in total. The molecule has 4 rings (SSSR count). The smallest absolute Gasteiger partial charge is 0.266 e. The van der Waals surface area contributed by atoms with E-state index in [0.29, 0.717) is 21.0 Å². The molecule has 1 fully saturated rings. The molecule has 2 aromatic carbocycles. The maximum atomic E-state index is 12.8. The highest BCUT2D eigenvalue weighted by molar-refractivity contribution is 8.18. The van der Waals surface area contributed by atoms with Gasteiger partial charge in [0, 0.05) is 30.3 Å². The van der Waals surface area contributed by atoms with Crippen LogP contribution in [-0.4, -0.2) is 35.6 Å². The summed E-state index contributed by atoms with van der Waals surface area (Å²) in [6, 6.07) is 13.8. The van der Waals surface area contributed by atoms with Crippen LogP contribution in [0, 0.1) is 0 Å². The Kier molecular flexibility index (Phi) is 5.45. The molecule has 0 aromatic heterocycles. The number of halogens is 1. The third-order valence-electron chi connectivity index (χ3n) is 6.02. The maximum Gasteiger partial charge on any atom is 0.266 e. The largest absolute Gasteiger partial charge is 0.369 e. The highest BCUT2D eigenvalue weighted by atomic mass is 35.5. The summed E-state index contributed by atoms with van der Waals surface area (Å²) >= 11 is 8.04. The summed E-state index contributed by atoms with van der Waals surface area (Å²) in [5, 5.41) is 1.32. The number of anilines is 1. The zero-order valence-electron chi connectivity index (χ0n) is 17.9. The van der Waals surface area contributed by atoms with Crippen LogP contribution in [0.25, 0.3) is 6.08 Å². The number of likely N-dealkylation sites (N-methyl/N-ethyl adjacent to an activating group) is 1. The lowest BCUT2D eigenvalue weighted by molar-refractivity contribution is -0.121. The van der Waals surface area contributed by atoms with Gasteiger partial charge in [-0.3, -0.25) is 9.69 Å². The number of carbonyl (C=O) groups excluding carboxylic acids is 1. The van der Waals surface area contributed by atoms with Gasteiger partial charge in [0.2, 0.25) is 0 Å². The Labute approximate surface area is 187 Å². The average Bonchev–Trinajstić information content (AvgIpc) is 2.96. The number of amides is 1. The first-order valence-electron chi connectivity index (χ1n) is 10.1. The highest BCUT2D eigenvalue weighted by Crippen LogP contribution is 2.45. The van der Waals surface area contributed by atoms with E-state index in [1.807, 2.05) is 42.5 Å². The van der Waals surface area contributed by atoms with Crippen molar-refractivity contribution in [3.63, 3.8) is 0 Å². The predicted molar refractivity (Wildman–Crippen MR) is 129 cm³/mol. The fraction of sp³-hybridized carbons (Fsp3) is 0.333. The van der Waals surface area contributed by atoms with Crippen LogP contribution in [0.2, 0.25) is 5.02 Å². The van der Waals surface area contributed by atoms with E-state index in [-0.39, 0.29) is 11.4 Å². The number of hydrogen-bond acceptors (Lipinski definition) is 4. The monoisotopic (exact) mass is 439 g/mol. The number of carbonyl (C=O) groups is 1. The molecule has 0 spiro atoms. The summed E-state index contributed by atoms with van der Waals surface area (Å²) in [6.45, 7) is 6.77. The summed E-state index contributed by atoms with van der Waals surface area (Å²) in [4.78, 5) is 22.0. The van der Waals surface area contributed by atoms with Crippen LogP contribution in [0.4, 0.5) is 11.4 Å². The van der Waals surface area contributed by atoms with Crippen LogP contribution in [0.3, 0.4) is 0 Å². The van der Waals surface area contributed by atoms with Crippen LogP contribution in [0.15, 0.2) is 52.4 Å². The van der Waals surface area contributed by atoms with Gasteiger partial charge in [-0.05, 0) is 79.4 Å². The Bertz CT molecular complexity index is 1060. The lowest BCUT2D eigenvalue weighted by atomic mass is 9.80. The van der Waals surface area contributed by atoms with Gasteiger partial charge in [-0.1, -0.05) is 36.7 Å². The maximum absolute atomic E-state index is 12.8. The Morgan fingerprint density at radius 3 is 2.60 bits per heavy atom. The van der Waals surface area contributed by atoms with E-state index in [1.165, 1.54) is 23.0 Å². The molecule has 1 amide bonds. The Hall–Kier alpha value is -2.24. The van der Waals surface area contributed by atoms with Gasteiger partial charge in [0.25, 0.3) is 5.91 Å². The van der Waals surface area contributed by atoms with E-state index in [9.17, 15) is 4.79 Å². The Morgan fingerprint density at radius 1 is 1.20 bits per heavy atom. The molecule has 0 unspecified atom stereocenters. The van der Waals surface area contributed by atoms with Crippen LogP contribution >= 0.6 is 23.4 Å². The summed E-state index contributed by atoms with van der Waals surface area (Å²) in [6.07, 6.45) is 2.96. The zero-order chi connectivity index (χ0) is 21.6. The topological polar surface area (TPSA) is 35.9 Å². The van der Waals surface area contributed by atoms with E-state index in [1.54, 1.807) is 11.9 Å². The van der Waals surface area contributed by atoms with Crippen molar-refractivity contribution in [3.8, 4) is 0 Å². The van der Waals surface area contributed by atoms with E-state index >= 15 is 0 Å². The first-order valence-corrected chi connectivity index (χ1v) is 11.3. The number of thioether (sulfide) groups is 1. The van der Waals surface area contributed by atoms with Crippen LogP contribution in [0.1, 0.15) is 44.2 Å². The van der Waals surface area contributed by atoms with Crippen molar-refractivity contribution in [1.29, 1.82) is 0 Å². The molecule has 2 aliphatic heterocycles. The minimum absolute atomic E-state index is 0.0604. The minimum atomic E-state index is -0.0604. The highest BCUT2D eigenvalue weighted by Gasteiger charge is 2.35. The van der Waals surface area contributed by atoms with Gasteiger partial charge >= 0.3 is 0 Å². The molecule has 0 N–H and O–H groups in total. The molecule has 2 aliphatic rings. The summed E-state index contributed by atoms with van der Waals surface area (Å²) in [5.74, 6) is 0.361. The summed E-state index contributed by atoms with van der Waals surface area (Å²) in [7, 11) is 3.88. The number of fused-ring (bicyclic) bond motifs is 1. The summed E-state index contributed by atoms with van der Waals surface area (Å²) in [5.41, 5.74) is 4.22. The second-order valence-corrected chi connectivity index (χ2v) is 10.0. The van der Waals surface area contributed by atoms with Crippen molar-refractivity contribution >= 4 is 51.9 Å². The number of aliphatic imine (C=N–C) groups is 1. The van der Waals surface area contributed by atoms with Crippen molar-refractivity contribution in [2.75, 3.05) is 19.0 Å². The SMILES string of the molecule is C[C@H]1CC(C)(C)N(C)c2cc(Cl)c(/C=C3\SC(=Nc4ccccc4)N(C)C3=O)cc21. The molecule has 156 valence electrons. The molecule has 0 bridgehead atoms. The molecule has 0 saturated carbocycles. The lowest BCUT2D eigenvalue weighted by Gasteiger charge is -2.45. The molecule has 30 heavy (non-hydrogen) atoms. The van der Waals surface area contributed by atoms with Crippen molar-refractivity contribution in [1.82, 2.24) is 4.90 Å². The molecule has 2 aromatic rings. The lowest BCUT2D eigenvalue weighted by Crippen LogP contribution is -2.45. The average molecular weight is 440 g/mol. The van der Waals surface area contributed by atoms with Crippen LogP contribution in [-0.2, 0) is 4.79 Å². The third kappa shape index (κ3) is 3.77. The second kappa shape index (κ2) is 7.78. The zero-order valence-corrected chi connectivity index (χ0v) is 19.5. The van der Waals surface area contributed by atoms with Crippen LogP contribution in [0.5, 0.6) is 0 Å². The second-order valence-electron chi connectivity index (χ2n) is 8.61. The number of amidine groups is 1. The predicted octanol–water partition coefficient (Wildman–Crippen LogP) is 6.30. The normalized spacial score (nSPS) is 23.4. The number of rotatable bonds is 2. The fourth-order valence-electron chi connectivity index (χ4n) is 4.12. The fourth-order valence-corrected chi connectivity index (χ4v) is 5.31. The number of benzene rings is 2. The molecular weight excluding hydrogens is 414 g/mol. The standard InChI is InChI=1S/C24H26ClN3OS/c1-15-14-24(2,3)28(5)20-13-19(25)16(11-18(15)20)12-21-22(29)27(4)23(30-21)26-17-9-7-6-8-10-17/h6-13,15H,14H2,1-5H3/b21-12-,26-23?/t15-/m0/s1. The van der Waals surface area contributed by atoms with Crippen molar-refractivity contribution in [3.05, 3.63) is 63.5 Å². The van der Waals surface area contributed by atoms with Gasteiger partial charge in [0.15, 0.2) is 5.17 Å². The molecular formula is C24H26ClN3OS. The van der Waals surface area contributed by atoms with E-state index < -0.39 is 0 Å². The number of para-hydroxylation sites is 1. The number of hydrogen-bond donors (Lipinski definition) is 0. The molecule has 1 atom stereocenters. The molecule has 6 heteroatoms. The Balaban J connectivity index is 1.70. The van der Waals surface area contributed by atoms with E-state index in [0.717, 1.165) is 17.7 Å². The van der Waals surface area contributed by atoms with Gasteiger partial charge in [-0.15, -0.1) is 0 Å². The van der Waals surface area contributed by atoms with E-state index in [4.69, 9.17) is 11.6 Å². The molecule has 1 saturated heterocycles. The van der Waals surface area contributed by atoms with Gasteiger partial charge < -0.3 is 4.90 Å². The van der Waals surface area contributed by atoms with Crippen molar-refractivity contribution in [2.45, 2.75) is 38.6 Å².